The number of hydrogen-bond donors (Lipinski definition) is 1. The molecule has 2 fully saturated rings. The molecule has 150 valence electrons. The molecule has 2 amide bonds. The van der Waals surface area contributed by atoms with Gasteiger partial charge in [-0.25, -0.2) is 0 Å². The predicted octanol–water partition coefficient (Wildman–Crippen LogP) is 0.499. The van der Waals surface area contributed by atoms with Gasteiger partial charge in [0.15, 0.2) is 0 Å². The van der Waals surface area contributed by atoms with Crippen LogP contribution in [0.2, 0.25) is 0 Å². The Labute approximate surface area is 160 Å². The molecule has 1 N–H and O–H groups in total. The zero-order chi connectivity index (χ0) is 19.2. The molecule has 2 aliphatic rings. The van der Waals surface area contributed by atoms with Gasteiger partial charge < -0.3 is 15.0 Å². The lowest BCUT2D eigenvalue weighted by Gasteiger charge is -2.41. The second kappa shape index (κ2) is 9.32. The second-order valence-electron chi connectivity index (χ2n) is 7.52. The van der Waals surface area contributed by atoms with Crippen LogP contribution in [0, 0.1) is 5.92 Å². The normalized spacial score (nSPS) is 22.0. The molecular formula is C19H31N5O3. The highest BCUT2D eigenvalue weighted by atomic mass is 16.5. The van der Waals surface area contributed by atoms with E-state index in [1.165, 1.54) is 0 Å². The van der Waals surface area contributed by atoms with E-state index in [1.807, 2.05) is 11.9 Å². The molecule has 27 heavy (non-hydrogen) atoms. The van der Waals surface area contributed by atoms with Crippen molar-refractivity contribution in [3.63, 3.8) is 0 Å². The van der Waals surface area contributed by atoms with E-state index < -0.39 is 0 Å². The highest BCUT2D eigenvalue weighted by molar-refractivity contribution is 5.92. The number of carbonyl (C=O) groups is 2. The molecule has 8 nitrogen and oxygen atoms in total. The molecule has 3 rings (SSSR count). The fourth-order valence-corrected chi connectivity index (χ4v) is 4.10. The first-order valence-corrected chi connectivity index (χ1v) is 9.88. The Hall–Kier alpha value is -1.93. The average molecular weight is 377 g/mol. The van der Waals surface area contributed by atoms with Crippen molar-refractivity contribution < 1.29 is 14.3 Å². The summed E-state index contributed by atoms with van der Waals surface area (Å²) < 4.78 is 6.65. The third-order valence-electron chi connectivity index (χ3n) is 5.63. The zero-order valence-corrected chi connectivity index (χ0v) is 16.4. The van der Waals surface area contributed by atoms with Gasteiger partial charge in [-0.2, -0.15) is 5.10 Å². The van der Waals surface area contributed by atoms with E-state index in [2.05, 4.69) is 15.3 Å². The van der Waals surface area contributed by atoms with Crippen LogP contribution in [0.25, 0.3) is 0 Å². The zero-order valence-electron chi connectivity index (χ0n) is 16.4. The molecular weight excluding hydrogens is 346 g/mol. The van der Waals surface area contributed by atoms with Crippen molar-refractivity contribution in [1.29, 1.82) is 0 Å². The van der Waals surface area contributed by atoms with E-state index in [0.29, 0.717) is 24.9 Å². The van der Waals surface area contributed by atoms with Gasteiger partial charge in [0, 0.05) is 52.6 Å². The Morgan fingerprint density at radius 2 is 2.04 bits per heavy atom. The van der Waals surface area contributed by atoms with E-state index in [4.69, 9.17) is 4.74 Å². The minimum Gasteiger partial charge on any atom is -0.383 e. The molecule has 1 atom stereocenters. The van der Waals surface area contributed by atoms with Gasteiger partial charge in [0.2, 0.25) is 5.91 Å². The van der Waals surface area contributed by atoms with Crippen molar-refractivity contribution in [3.05, 3.63) is 18.0 Å². The van der Waals surface area contributed by atoms with Crippen molar-refractivity contribution >= 4 is 11.8 Å². The van der Waals surface area contributed by atoms with E-state index in [1.54, 1.807) is 24.1 Å². The highest BCUT2D eigenvalue weighted by Crippen LogP contribution is 2.24. The van der Waals surface area contributed by atoms with Crippen LogP contribution < -0.4 is 5.32 Å². The fourth-order valence-electron chi connectivity index (χ4n) is 4.10. The number of piperidine rings is 2. The Morgan fingerprint density at radius 3 is 2.70 bits per heavy atom. The molecule has 0 saturated carbocycles. The predicted molar refractivity (Wildman–Crippen MR) is 101 cm³/mol. The third kappa shape index (κ3) is 5.07. The van der Waals surface area contributed by atoms with Gasteiger partial charge in [-0.15, -0.1) is 0 Å². The number of rotatable bonds is 6. The topological polar surface area (TPSA) is 79.7 Å². The van der Waals surface area contributed by atoms with Crippen LogP contribution in [0.1, 0.15) is 36.2 Å². The van der Waals surface area contributed by atoms with Gasteiger partial charge in [-0.3, -0.25) is 19.2 Å². The summed E-state index contributed by atoms with van der Waals surface area (Å²) in [5, 5.41) is 7.18. The van der Waals surface area contributed by atoms with Crippen molar-refractivity contribution in [2.45, 2.75) is 31.7 Å². The number of methoxy groups -OCH3 is 1. The number of nitrogens with zero attached hydrogens (tertiary/aromatic N) is 4. The van der Waals surface area contributed by atoms with Crippen molar-refractivity contribution in [1.82, 2.24) is 24.9 Å². The molecule has 0 aromatic carbocycles. The van der Waals surface area contributed by atoms with E-state index >= 15 is 0 Å². The second-order valence-corrected chi connectivity index (χ2v) is 7.52. The van der Waals surface area contributed by atoms with Gasteiger partial charge in [-0.1, -0.05) is 0 Å². The van der Waals surface area contributed by atoms with Crippen LogP contribution >= 0.6 is 0 Å². The van der Waals surface area contributed by atoms with Crippen molar-refractivity contribution in [2.75, 3.05) is 46.4 Å². The van der Waals surface area contributed by atoms with Gasteiger partial charge in [-0.05, 0) is 38.3 Å². The number of likely N-dealkylation sites (tertiary alicyclic amines) is 2. The monoisotopic (exact) mass is 377 g/mol. The summed E-state index contributed by atoms with van der Waals surface area (Å²) in [7, 11) is 3.46. The Bertz CT molecular complexity index is 639. The minimum atomic E-state index is 0.0168. The number of aromatic nitrogens is 2. The number of aryl methyl sites for hydroxylation is 1. The van der Waals surface area contributed by atoms with Crippen LogP contribution in [0.3, 0.4) is 0 Å². The largest absolute Gasteiger partial charge is 0.383 e. The maximum absolute atomic E-state index is 12.5. The Balaban J connectivity index is 1.47. The molecule has 3 heterocycles. The summed E-state index contributed by atoms with van der Waals surface area (Å²) in [4.78, 5) is 29.2. The quantitative estimate of drug-likeness (QED) is 0.731. The third-order valence-corrected chi connectivity index (χ3v) is 5.63. The van der Waals surface area contributed by atoms with Crippen LogP contribution in [-0.4, -0.2) is 83.9 Å². The number of ether oxygens (including phenoxy) is 1. The molecule has 2 aliphatic heterocycles. The molecule has 1 aromatic rings. The molecule has 2 saturated heterocycles. The minimum absolute atomic E-state index is 0.0168. The molecule has 0 radical (unpaired) electrons. The number of carbonyl (C=O) groups excluding carboxylic acids is 2. The maximum atomic E-state index is 12.5. The number of hydrogen-bond acceptors (Lipinski definition) is 5. The first-order valence-electron chi connectivity index (χ1n) is 9.88. The van der Waals surface area contributed by atoms with Gasteiger partial charge in [0.05, 0.1) is 12.5 Å². The van der Waals surface area contributed by atoms with E-state index in [-0.39, 0.29) is 17.7 Å². The van der Waals surface area contributed by atoms with E-state index in [9.17, 15) is 9.59 Å². The molecule has 0 bridgehead atoms. The lowest BCUT2D eigenvalue weighted by Crippen LogP contribution is -2.51. The van der Waals surface area contributed by atoms with E-state index in [0.717, 1.165) is 51.9 Å². The summed E-state index contributed by atoms with van der Waals surface area (Å²) >= 11 is 0. The molecule has 0 aliphatic carbocycles. The maximum Gasteiger partial charge on any atom is 0.274 e. The van der Waals surface area contributed by atoms with Gasteiger partial charge in [0.1, 0.15) is 5.69 Å². The highest BCUT2D eigenvalue weighted by Gasteiger charge is 2.32. The van der Waals surface area contributed by atoms with Crippen molar-refractivity contribution in [3.8, 4) is 0 Å². The van der Waals surface area contributed by atoms with Crippen molar-refractivity contribution in [2.24, 2.45) is 13.0 Å². The standard InChI is InChI=1S/C19H31N5O3/c1-22-10-7-17(21-22)19(26)23-11-5-16(6-12-23)24-9-3-4-15(14-24)18(25)20-8-13-27-2/h7,10,15-16H,3-6,8-9,11-14H2,1-2H3,(H,20,25). The van der Waals surface area contributed by atoms with Gasteiger partial charge in [0.25, 0.3) is 5.91 Å². The summed E-state index contributed by atoms with van der Waals surface area (Å²) in [5.41, 5.74) is 0.515. The molecule has 1 aromatic heterocycles. The van der Waals surface area contributed by atoms with Crippen LogP contribution in [0.4, 0.5) is 0 Å². The van der Waals surface area contributed by atoms with Crippen LogP contribution in [-0.2, 0) is 16.6 Å². The number of nitrogens with one attached hydrogen (secondary N) is 1. The van der Waals surface area contributed by atoms with Gasteiger partial charge >= 0.3 is 0 Å². The SMILES string of the molecule is COCCNC(=O)C1CCCN(C2CCN(C(=O)c3ccn(C)n3)CC2)C1. The first-order chi connectivity index (χ1) is 13.1. The van der Waals surface area contributed by atoms with Crippen LogP contribution in [0.15, 0.2) is 12.3 Å². The molecule has 1 unspecified atom stereocenters. The smallest absolute Gasteiger partial charge is 0.274 e. The first kappa shape index (κ1) is 19.8. The average Bonchev–Trinajstić information content (AvgIpc) is 3.14. The summed E-state index contributed by atoms with van der Waals surface area (Å²) in [5.74, 6) is 0.214. The lowest BCUT2D eigenvalue weighted by atomic mass is 9.93. The molecule has 8 heteroatoms. The van der Waals surface area contributed by atoms with Crippen LogP contribution in [0.5, 0.6) is 0 Å². The molecule has 0 spiro atoms. The Morgan fingerprint density at radius 1 is 1.26 bits per heavy atom. The summed E-state index contributed by atoms with van der Waals surface area (Å²) in [6, 6.07) is 2.22. The Kier molecular flexibility index (Phi) is 6.84. The summed E-state index contributed by atoms with van der Waals surface area (Å²) in [6.07, 6.45) is 5.71. The summed E-state index contributed by atoms with van der Waals surface area (Å²) in [6.45, 7) is 4.48. The fraction of sp³-hybridized carbons (Fsp3) is 0.737. The lowest BCUT2D eigenvalue weighted by molar-refractivity contribution is -0.127. The number of amides is 2.